The van der Waals surface area contributed by atoms with Crippen LogP contribution in [0.2, 0.25) is 0 Å². The van der Waals surface area contributed by atoms with Gasteiger partial charge in [0.2, 0.25) is 5.91 Å². The van der Waals surface area contributed by atoms with E-state index in [9.17, 15) is 9.59 Å². The summed E-state index contributed by atoms with van der Waals surface area (Å²) < 4.78 is 0. The Hall–Kier alpha value is -2.32. The molecule has 0 fully saturated rings. The van der Waals surface area contributed by atoms with Crippen molar-refractivity contribution in [3.05, 3.63) is 34.9 Å². The Labute approximate surface area is 125 Å². The van der Waals surface area contributed by atoms with Crippen molar-refractivity contribution in [3.63, 3.8) is 0 Å². The largest absolute Gasteiger partial charge is 0.369 e. The molecule has 112 valence electrons. The summed E-state index contributed by atoms with van der Waals surface area (Å²) in [7, 11) is 0. The van der Waals surface area contributed by atoms with Crippen LogP contribution in [-0.4, -0.2) is 24.9 Å². The lowest BCUT2D eigenvalue weighted by Gasteiger charge is -2.21. The maximum atomic E-state index is 12.2. The van der Waals surface area contributed by atoms with E-state index in [0.717, 1.165) is 11.1 Å². The van der Waals surface area contributed by atoms with Crippen LogP contribution < -0.4 is 16.8 Å². The summed E-state index contributed by atoms with van der Waals surface area (Å²) in [6, 6.07) is 5.38. The fourth-order valence-corrected chi connectivity index (χ4v) is 1.58. The van der Waals surface area contributed by atoms with Gasteiger partial charge in [0.25, 0.3) is 5.91 Å². The molecule has 1 rings (SSSR count). The van der Waals surface area contributed by atoms with E-state index >= 15 is 0 Å². The number of rotatable bonds is 4. The second-order valence-electron chi connectivity index (χ2n) is 5.47. The average Bonchev–Trinajstić information content (AvgIpc) is 2.43. The maximum absolute atomic E-state index is 12.2. The van der Waals surface area contributed by atoms with Crippen molar-refractivity contribution in [2.45, 2.75) is 20.8 Å². The first kappa shape index (κ1) is 16.7. The number of carbonyl (C=O) groups is 2. The number of aryl methyl sites for hydroxylation is 1. The lowest BCUT2D eigenvalue weighted by atomic mass is 9.92. The Balaban J connectivity index is 2.89. The molecule has 0 atom stereocenters. The highest BCUT2D eigenvalue weighted by atomic mass is 16.2. The predicted molar refractivity (Wildman–Crippen MR) is 82.4 cm³/mol. The maximum Gasteiger partial charge on any atom is 0.251 e. The van der Waals surface area contributed by atoms with Crippen LogP contribution in [0, 0.1) is 24.2 Å². The second kappa shape index (κ2) is 6.91. The fourth-order valence-electron chi connectivity index (χ4n) is 1.58. The van der Waals surface area contributed by atoms with Gasteiger partial charge in [0.05, 0.1) is 12.0 Å². The van der Waals surface area contributed by atoms with Crippen LogP contribution in [-0.2, 0) is 4.79 Å². The van der Waals surface area contributed by atoms with Crippen LogP contribution in [0.4, 0.5) is 0 Å². The SMILES string of the molecule is Cc1ccc(C#CCN)cc1C(=O)NCC(C)(C)C(N)=O. The summed E-state index contributed by atoms with van der Waals surface area (Å²) in [4.78, 5) is 23.5. The van der Waals surface area contributed by atoms with Gasteiger partial charge in [-0.15, -0.1) is 0 Å². The molecule has 1 aromatic rings. The summed E-state index contributed by atoms with van der Waals surface area (Å²) in [5, 5.41) is 2.73. The summed E-state index contributed by atoms with van der Waals surface area (Å²) in [5.41, 5.74) is 11.9. The van der Waals surface area contributed by atoms with Gasteiger partial charge in [0.15, 0.2) is 0 Å². The van der Waals surface area contributed by atoms with E-state index in [1.807, 2.05) is 19.1 Å². The molecule has 0 bridgehead atoms. The zero-order valence-electron chi connectivity index (χ0n) is 12.6. The van der Waals surface area contributed by atoms with E-state index < -0.39 is 11.3 Å². The van der Waals surface area contributed by atoms with Gasteiger partial charge in [-0.2, -0.15) is 0 Å². The Morgan fingerprint density at radius 3 is 2.57 bits per heavy atom. The highest BCUT2D eigenvalue weighted by Crippen LogP contribution is 2.14. The van der Waals surface area contributed by atoms with Gasteiger partial charge >= 0.3 is 0 Å². The number of primary amides is 1. The third-order valence-electron chi connectivity index (χ3n) is 3.17. The minimum Gasteiger partial charge on any atom is -0.369 e. The van der Waals surface area contributed by atoms with Crippen molar-refractivity contribution in [2.75, 3.05) is 13.1 Å². The van der Waals surface area contributed by atoms with Gasteiger partial charge in [-0.3, -0.25) is 9.59 Å². The van der Waals surface area contributed by atoms with E-state index in [1.165, 1.54) is 0 Å². The molecule has 0 spiro atoms. The zero-order valence-corrected chi connectivity index (χ0v) is 12.6. The first-order chi connectivity index (χ1) is 9.77. The molecule has 2 amide bonds. The van der Waals surface area contributed by atoms with E-state index in [2.05, 4.69) is 17.2 Å². The number of hydrogen-bond acceptors (Lipinski definition) is 3. The van der Waals surface area contributed by atoms with Crippen LogP contribution in [0.15, 0.2) is 18.2 Å². The monoisotopic (exact) mass is 287 g/mol. The molecule has 5 nitrogen and oxygen atoms in total. The molecular formula is C16H21N3O2. The molecule has 0 saturated heterocycles. The van der Waals surface area contributed by atoms with Crippen LogP contribution in [0.3, 0.4) is 0 Å². The third-order valence-corrected chi connectivity index (χ3v) is 3.17. The Bertz CT molecular complexity index is 610. The zero-order chi connectivity index (χ0) is 16.0. The van der Waals surface area contributed by atoms with Gasteiger partial charge in [0.1, 0.15) is 0 Å². The second-order valence-corrected chi connectivity index (χ2v) is 5.47. The fraction of sp³-hybridized carbons (Fsp3) is 0.375. The molecule has 0 aromatic heterocycles. The summed E-state index contributed by atoms with van der Waals surface area (Å²) in [5.74, 6) is 4.93. The first-order valence-corrected chi connectivity index (χ1v) is 6.65. The number of benzene rings is 1. The Morgan fingerprint density at radius 1 is 1.33 bits per heavy atom. The number of hydrogen-bond donors (Lipinski definition) is 3. The molecule has 1 aromatic carbocycles. The molecule has 5 heteroatoms. The molecule has 0 heterocycles. The summed E-state index contributed by atoms with van der Waals surface area (Å²) in [6.07, 6.45) is 0. The van der Waals surface area contributed by atoms with Crippen LogP contribution in [0.25, 0.3) is 0 Å². The van der Waals surface area contributed by atoms with Gasteiger partial charge in [-0.05, 0) is 38.5 Å². The molecule has 0 aliphatic heterocycles. The van der Waals surface area contributed by atoms with Crippen LogP contribution >= 0.6 is 0 Å². The van der Waals surface area contributed by atoms with Crippen LogP contribution in [0.5, 0.6) is 0 Å². The smallest absolute Gasteiger partial charge is 0.251 e. The van der Waals surface area contributed by atoms with Gasteiger partial charge in [0, 0.05) is 17.7 Å². The van der Waals surface area contributed by atoms with Crippen molar-refractivity contribution in [2.24, 2.45) is 16.9 Å². The van der Waals surface area contributed by atoms with Gasteiger partial charge in [-0.1, -0.05) is 17.9 Å². The van der Waals surface area contributed by atoms with Gasteiger partial charge in [-0.25, -0.2) is 0 Å². The summed E-state index contributed by atoms with van der Waals surface area (Å²) >= 11 is 0. The standard InChI is InChI=1S/C16H21N3O2/c1-11-6-7-12(5-4-8-17)9-13(11)14(20)19-10-16(2,3)15(18)21/h6-7,9H,8,10,17H2,1-3H3,(H2,18,21)(H,19,20). The number of carbonyl (C=O) groups excluding carboxylic acids is 2. The highest BCUT2D eigenvalue weighted by molar-refractivity contribution is 5.96. The van der Waals surface area contributed by atoms with Gasteiger partial charge < -0.3 is 16.8 Å². The van der Waals surface area contributed by atoms with Crippen molar-refractivity contribution in [1.29, 1.82) is 0 Å². The first-order valence-electron chi connectivity index (χ1n) is 6.65. The summed E-state index contributed by atoms with van der Waals surface area (Å²) in [6.45, 7) is 5.66. The van der Waals surface area contributed by atoms with E-state index in [-0.39, 0.29) is 19.0 Å². The minimum absolute atomic E-state index is 0.180. The van der Waals surface area contributed by atoms with Crippen LogP contribution in [0.1, 0.15) is 35.3 Å². The van der Waals surface area contributed by atoms with E-state index in [1.54, 1.807) is 19.9 Å². The number of amides is 2. The quantitative estimate of drug-likeness (QED) is 0.705. The minimum atomic E-state index is -0.791. The molecule has 0 aliphatic rings. The highest BCUT2D eigenvalue weighted by Gasteiger charge is 2.25. The van der Waals surface area contributed by atoms with Crippen molar-refractivity contribution in [3.8, 4) is 11.8 Å². The molecule has 5 N–H and O–H groups in total. The average molecular weight is 287 g/mol. The predicted octanol–water partition coefficient (Wildman–Crippen LogP) is 0.547. The van der Waals surface area contributed by atoms with E-state index in [0.29, 0.717) is 5.56 Å². The Kier molecular flexibility index (Phi) is 5.51. The van der Waals surface area contributed by atoms with E-state index in [4.69, 9.17) is 11.5 Å². The molecule has 0 unspecified atom stereocenters. The van der Waals surface area contributed by atoms with Crippen molar-refractivity contribution >= 4 is 11.8 Å². The lowest BCUT2D eigenvalue weighted by Crippen LogP contribution is -2.42. The normalized spacial score (nSPS) is 10.5. The third kappa shape index (κ3) is 4.62. The lowest BCUT2D eigenvalue weighted by molar-refractivity contribution is -0.125. The Morgan fingerprint density at radius 2 is 2.00 bits per heavy atom. The molecule has 0 saturated carbocycles. The molecule has 0 radical (unpaired) electrons. The number of nitrogens with two attached hydrogens (primary N) is 2. The van der Waals surface area contributed by atoms with Crippen molar-refractivity contribution < 1.29 is 9.59 Å². The number of nitrogens with one attached hydrogen (secondary N) is 1. The van der Waals surface area contributed by atoms with Crippen molar-refractivity contribution in [1.82, 2.24) is 5.32 Å². The molecular weight excluding hydrogens is 266 g/mol. The molecule has 0 aliphatic carbocycles. The molecule has 21 heavy (non-hydrogen) atoms. The topological polar surface area (TPSA) is 98.2 Å².